The molecule has 2 heterocycles. The molecule has 0 amide bonds. The topological polar surface area (TPSA) is 34.9 Å². The Kier molecular flexibility index (Phi) is 5.95. The third-order valence-electron chi connectivity index (χ3n) is 6.68. The van der Waals surface area contributed by atoms with Crippen molar-refractivity contribution in [3.63, 3.8) is 0 Å². The van der Waals surface area contributed by atoms with Gasteiger partial charge in [0.2, 0.25) is 0 Å². The normalized spacial score (nSPS) is 21.2. The molecule has 0 unspecified atom stereocenters. The van der Waals surface area contributed by atoms with Crippen LogP contribution in [0.25, 0.3) is 10.2 Å². The largest absolute Gasteiger partial charge is 0.284 e. The predicted octanol–water partition coefficient (Wildman–Crippen LogP) is 6.62. The van der Waals surface area contributed by atoms with Gasteiger partial charge >= 0.3 is 0 Å². The molecule has 0 bridgehead atoms. The molecule has 5 heteroatoms. The maximum Gasteiger partial charge on any atom is 0.263 e. The molecule has 0 saturated heterocycles. The molecule has 0 radical (unpaired) electrons. The quantitative estimate of drug-likeness (QED) is 0.413. The van der Waals surface area contributed by atoms with Crippen LogP contribution in [0.1, 0.15) is 89.1 Å². The van der Waals surface area contributed by atoms with E-state index in [1.807, 2.05) is 0 Å². The van der Waals surface area contributed by atoms with Gasteiger partial charge in [-0.1, -0.05) is 58.7 Å². The van der Waals surface area contributed by atoms with Crippen molar-refractivity contribution in [3.8, 4) is 0 Å². The second kappa shape index (κ2) is 8.14. The minimum absolute atomic E-state index is 0.252. The SMILES string of the molecule is CCCSc1nc2sc3c(c2c(=O)n1C1CCCCC1)CC[C@@H](C(C)(C)C)C3. The molecule has 28 heavy (non-hydrogen) atoms. The van der Waals surface area contributed by atoms with E-state index in [1.54, 1.807) is 23.1 Å². The van der Waals surface area contributed by atoms with Crippen LogP contribution in [-0.4, -0.2) is 15.3 Å². The van der Waals surface area contributed by atoms with E-state index in [0.29, 0.717) is 17.4 Å². The molecule has 0 aromatic carbocycles. The number of aromatic nitrogens is 2. The van der Waals surface area contributed by atoms with Crippen molar-refractivity contribution in [1.82, 2.24) is 9.55 Å². The van der Waals surface area contributed by atoms with Gasteiger partial charge in [0.25, 0.3) is 5.56 Å². The van der Waals surface area contributed by atoms with Crippen LogP contribution in [0.2, 0.25) is 0 Å². The van der Waals surface area contributed by atoms with E-state index in [1.165, 1.54) is 36.1 Å². The fourth-order valence-electron chi connectivity index (χ4n) is 4.91. The summed E-state index contributed by atoms with van der Waals surface area (Å²) in [4.78, 5) is 21.2. The van der Waals surface area contributed by atoms with Crippen LogP contribution in [0.5, 0.6) is 0 Å². The minimum Gasteiger partial charge on any atom is -0.284 e. The van der Waals surface area contributed by atoms with Crippen LogP contribution in [-0.2, 0) is 12.8 Å². The summed E-state index contributed by atoms with van der Waals surface area (Å²) in [6, 6.07) is 0.346. The number of thioether (sulfide) groups is 1. The van der Waals surface area contributed by atoms with E-state index >= 15 is 0 Å². The van der Waals surface area contributed by atoms with Gasteiger partial charge in [-0.2, -0.15) is 0 Å². The molecular weight excluding hydrogens is 384 g/mol. The molecule has 154 valence electrons. The standard InChI is InChI=1S/C23H34N2OS2/c1-5-13-27-22-24-20-19(21(26)25(22)16-9-7-6-8-10-16)17-12-11-15(23(2,3)4)14-18(17)28-20/h15-16H,5-14H2,1-4H3/t15-/m1/s1. The number of rotatable bonds is 4. The number of hydrogen-bond acceptors (Lipinski definition) is 4. The van der Waals surface area contributed by atoms with E-state index in [4.69, 9.17) is 4.98 Å². The fraction of sp³-hybridized carbons (Fsp3) is 0.739. The second-order valence-corrected chi connectivity index (χ2v) is 11.8. The number of nitrogens with zero attached hydrogens (tertiary/aromatic N) is 2. The van der Waals surface area contributed by atoms with Gasteiger partial charge in [0.1, 0.15) is 4.83 Å². The summed E-state index contributed by atoms with van der Waals surface area (Å²) >= 11 is 3.58. The molecule has 2 aliphatic rings. The Labute approximate surface area is 177 Å². The lowest BCUT2D eigenvalue weighted by atomic mass is 9.72. The van der Waals surface area contributed by atoms with Crippen LogP contribution < -0.4 is 5.56 Å². The summed E-state index contributed by atoms with van der Waals surface area (Å²) < 4.78 is 2.10. The molecule has 0 spiro atoms. The Morgan fingerprint density at radius 2 is 1.93 bits per heavy atom. The molecule has 1 fully saturated rings. The first kappa shape index (κ1) is 20.5. The van der Waals surface area contributed by atoms with Crippen molar-refractivity contribution in [1.29, 1.82) is 0 Å². The first-order valence-electron chi connectivity index (χ1n) is 11.1. The van der Waals surface area contributed by atoms with E-state index in [0.717, 1.165) is 53.2 Å². The first-order valence-corrected chi connectivity index (χ1v) is 12.9. The monoisotopic (exact) mass is 418 g/mol. The summed E-state index contributed by atoms with van der Waals surface area (Å²) in [5, 5.41) is 1.93. The highest BCUT2D eigenvalue weighted by molar-refractivity contribution is 7.99. The summed E-state index contributed by atoms with van der Waals surface area (Å²) in [6.45, 7) is 9.25. The maximum atomic E-state index is 13.7. The third kappa shape index (κ3) is 3.81. The average Bonchev–Trinajstić information content (AvgIpc) is 3.04. The van der Waals surface area contributed by atoms with Crippen LogP contribution in [0.15, 0.2) is 9.95 Å². The van der Waals surface area contributed by atoms with Crippen molar-refractivity contribution in [2.75, 3.05) is 5.75 Å². The van der Waals surface area contributed by atoms with E-state index in [2.05, 4.69) is 32.3 Å². The molecule has 2 aromatic heterocycles. The summed E-state index contributed by atoms with van der Waals surface area (Å²) in [5.41, 5.74) is 1.91. The van der Waals surface area contributed by atoms with Gasteiger partial charge in [-0.3, -0.25) is 9.36 Å². The Morgan fingerprint density at radius 1 is 1.18 bits per heavy atom. The third-order valence-corrected chi connectivity index (χ3v) is 8.99. The van der Waals surface area contributed by atoms with Crippen molar-refractivity contribution >= 4 is 33.3 Å². The second-order valence-electron chi connectivity index (χ2n) is 9.70. The van der Waals surface area contributed by atoms with Gasteiger partial charge < -0.3 is 0 Å². The van der Waals surface area contributed by atoms with Crippen molar-refractivity contribution in [2.24, 2.45) is 11.3 Å². The van der Waals surface area contributed by atoms with Crippen LogP contribution in [0.3, 0.4) is 0 Å². The van der Waals surface area contributed by atoms with Gasteiger partial charge in [-0.25, -0.2) is 4.98 Å². The number of aryl methyl sites for hydroxylation is 1. The molecule has 2 aliphatic carbocycles. The van der Waals surface area contributed by atoms with Gasteiger partial charge in [-0.15, -0.1) is 11.3 Å². The number of thiophene rings is 1. The van der Waals surface area contributed by atoms with Crippen molar-refractivity contribution < 1.29 is 0 Å². The van der Waals surface area contributed by atoms with Gasteiger partial charge in [0.15, 0.2) is 5.16 Å². The highest BCUT2D eigenvalue weighted by Gasteiger charge is 2.32. The van der Waals surface area contributed by atoms with Crippen molar-refractivity contribution in [2.45, 2.75) is 96.7 Å². The summed E-state index contributed by atoms with van der Waals surface area (Å²) in [7, 11) is 0. The van der Waals surface area contributed by atoms with E-state index in [-0.39, 0.29) is 5.56 Å². The Balaban J connectivity index is 1.82. The van der Waals surface area contributed by atoms with Crippen LogP contribution in [0, 0.1) is 11.3 Å². The molecule has 2 aromatic rings. The smallest absolute Gasteiger partial charge is 0.263 e. The average molecular weight is 419 g/mol. The lowest BCUT2D eigenvalue weighted by Crippen LogP contribution is -2.30. The van der Waals surface area contributed by atoms with Gasteiger partial charge in [0, 0.05) is 16.7 Å². The summed E-state index contributed by atoms with van der Waals surface area (Å²) in [5.74, 6) is 1.73. The van der Waals surface area contributed by atoms with Crippen LogP contribution >= 0.6 is 23.1 Å². The minimum atomic E-state index is 0.252. The molecule has 1 atom stereocenters. The molecule has 4 rings (SSSR count). The lowest BCUT2D eigenvalue weighted by Gasteiger charge is -2.33. The fourth-order valence-corrected chi connectivity index (χ4v) is 7.18. The van der Waals surface area contributed by atoms with E-state index < -0.39 is 0 Å². The molecule has 1 saturated carbocycles. The van der Waals surface area contributed by atoms with Gasteiger partial charge in [-0.05, 0) is 55.4 Å². The molecule has 0 aliphatic heterocycles. The highest BCUT2D eigenvalue weighted by Crippen LogP contribution is 2.43. The Bertz CT molecular complexity index is 900. The summed E-state index contributed by atoms with van der Waals surface area (Å²) in [6.07, 6.45) is 10.5. The Morgan fingerprint density at radius 3 is 2.61 bits per heavy atom. The highest BCUT2D eigenvalue weighted by atomic mass is 32.2. The lowest BCUT2D eigenvalue weighted by molar-refractivity contribution is 0.218. The molecular formula is C23H34N2OS2. The number of fused-ring (bicyclic) bond motifs is 3. The zero-order valence-electron chi connectivity index (χ0n) is 17.8. The Hall–Kier alpha value is -0.810. The first-order chi connectivity index (χ1) is 13.4. The van der Waals surface area contributed by atoms with E-state index in [9.17, 15) is 4.79 Å². The maximum absolute atomic E-state index is 13.7. The zero-order valence-corrected chi connectivity index (χ0v) is 19.5. The number of hydrogen-bond donors (Lipinski definition) is 0. The van der Waals surface area contributed by atoms with Crippen LogP contribution in [0.4, 0.5) is 0 Å². The molecule has 0 N–H and O–H groups in total. The van der Waals surface area contributed by atoms with Crippen molar-refractivity contribution in [3.05, 3.63) is 20.8 Å². The predicted molar refractivity (Wildman–Crippen MR) is 122 cm³/mol. The molecule has 3 nitrogen and oxygen atoms in total. The van der Waals surface area contributed by atoms with Gasteiger partial charge in [0.05, 0.1) is 5.39 Å². The zero-order chi connectivity index (χ0) is 19.9.